The number of carbonyl (C=O) groups excluding carboxylic acids is 1. The molecular weight excluding hydrogens is 318 g/mol. The van der Waals surface area contributed by atoms with Gasteiger partial charge in [0.05, 0.1) is 19.2 Å². The summed E-state index contributed by atoms with van der Waals surface area (Å²) in [5.41, 5.74) is 2.45. The van der Waals surface area contributed by atoms with E-state index in [2.05, 4.69) is 0 Å². The topological polar surface area (TPSA) is 49.7 Å². The van der Waals surface area contributed by atoms with E-state index < -0.39 is 0 Å². The molecule has 0 unspecified atom stereocenters. The second kappa shape index (κ2) is 7.30. The molecule has 0 saturated carbocycles. The fourth-order valence-corrected chi connectivity index (χ4v) is 2.75. The Labute approximate surface area is 146 Å². The second-order valence-corrected chi connectivity index (χ2v) is 5.65. The molecule has 0 aliphatic heterocycles. The molecule has 0 amide bonds. The molecule has 0 radical (unpaired) electrons. The molecule has 0 fully saturated rings. The minimum absolute atomic E-state index is 0.341. The summed E-state index contributed by atoms with van der Waals surface area (Å²) in [6, 6.07) is 15.5. The van der Waals surface area contributed by atoms with E-state index in [4.69, 9.17) is 14.2 Å². The summed E-state index contributed by atoms with van der Waals surface area (Å²) in [7, 11) is 3.43. The van der Waals surface area contributed by atoms with Gasteiger partial charge < -0.3 is 18.8 Å². The second-order valence-electron chi connectivity index (χ2n) is 5.65. The van der Waals surface area contributed by atoms with E-state index in [-0.39, 0.29) is 5.97 Å². The van der Waals surface area contributed by atoms with Gasteiger partial charge in [0.15, 0.2) is 11.5 Å². The Bertz CT molecular complexity index is 884. The maximum Gasteiger partial charge on any atom is 0.354 e. The first-order valence-electron chi connectivity index (χ1n) is 8.15. The Morgan fingerprint density at radius 2 is 1.84 bits per heavy atom. The zero-order valence-corrected chi connectivity index (χ0v) is 14.6. The normalized spacial score (nSPS) is 10.7. The molecule has 1 heterocycles. The van der Waals surface area contributed by atoms with Crippen LogP contribution in [-0.4, -0.2) is 24.3 Å². The first-order valence-corrected chi connectivity index (χ1v) is 8.15. The van der Waals surface area contributed by atoms with E-state index in [1.807, 2.05) is 55.6 Å². The lowest BCUT2D eigenvalue weighted by molar-refractivity contribution is 0.0516. The van der Waals surface area contributed by atoms with Crippen LogP contribution in [-0.2, 0) is 18.4 Å². The largest absolute Gasteiger partial charge is 0.493 e. The van der Waals surface area contributed by atoms with Crippen molar-refractivity contribution in [3.63, 3.8) is 0 Å². The van der Waals surface area contributed by atoms with Gasteiger partial charge in [-0.2, -0.15) is 0 Å². The van der Waals surface area contributed by atoms with Gasteiger partial charge in [-0.15, -0.1) is 0 Å². The molecule has 0 aliphatic carbocycles. The summed E-state index contributed by atoms with van der Waals surface area (Å²) < 4.78 is 18.3. The van der Waals surface area contributed by atoms with Gasteiger partial charge in [-0.25, -0.2) is 4.79 Å². The summed E-state index contributed by atoms with van der Waals surface area (Å²) >= 11 is 0. The molecule has 5 nitrogen and oxygen atoms in total. The van der Waals surface area contributed by atoms with Crippen LogP contribution in [0.3, 0.4) is 0 Å². The lowest BCUT2D eigenvalue weighted by Crippen LogP contribution is -2.09. The van der Waals surface area contributed by atoms with E-state index in [1.54, 1.807) is 18.6 Å². The molecule has 0 bridgehead atoms. The van der Waals surface area contributed by atoms with Gasteiger partial charge in [0, 0.05) is 18.5 Å². The highest BCUT2D eigenvalue weighted by Gasteiger charge is 2.17. The number of aryl methyl sites for hydroxylation is 1. The molecule has 1 aromatic heterocycles. The fourth-order valence-electron chi connectivity index (χ4n) is 2.75. The number of esters is 1. The zero-order chi connectivity index (χ0) is 17.8. The summed E-state index contributed by atoms with van der Waals surface area (Å²) in [6.07, 6.45) is 0. The van der Waals surface area contributed by atoms with Crippen molar-refractivity contribution < 1.29 is 19.0 Å². The third-order valence-corrected chi connectivity index (χ3v) is 4.05. The standard InChI is InChI=1S/C20H21NO4/c1-4-24-20(22)17-10-15-11-19(18(23-3)12-16(15)21(17)2)25-13-14-8-6-5-7-9-14/h5-12H,4,13H2,1-3H3. The van der Waals surface area contributed by atoms with Crippen molar-refractivity contribution in [2.75, 3.05) is 13.7 Å². The molecule has 130 valence electrons. The molecule has 2 aromatic carbocycles. The van der Waals surface area contributed by atoms with Crippen LogP contribution in [0.2, 0.25) is 0 Å². The van der Waals surface area contributed by atoms with Gasteiger partial charge in [0.1, 0.15) is 12.3 Å². The first kappa shape index (κ1) is 16.9. The lowest BCUT2D eigenvalue weighted by atomic mass is 10.2. The van der Waals surface area contributed by atoms with Crippen molar-refractivity contribution in [1.29, 1.82) is 0 Å². The highest BCUT2D eigenvalue weighted by atomic mass is 16.5. The molecule has 5 heteroatoms. The fraction of sp³-hybridized carbons (Fsp3) is 0.250. The predicted molar refractivity (Wildman–Crippen MR) is 96.2 cm³/mol. The highest BCUT2D eigenvalue weighted by molar-refractivity contribution is 5.96. The van der Waals surface area contributed by atoms with Crippen molar-refractivity contribution in [3.05, 3.63) is 59.8 Å². The van der Waals surface area contributed by atoms with Crippen LogP contribution in [0.15, 0.2) is 48.5 Å². The number of aromatic nitrogens is 1. The van der Waals surface area contributed by atoms with Crippen LogP contribution in [0.1, 0.15) is 23.0 Å². The minimum atomic E-state index is -0.341. The Morgan fingerprint density at radius 3 is 2.52 bits per heavy atom. The number of hydrogen-bond acceptors (Lipinski definition) is 4. The van der Waals surface area contributed by atoms with Gasteiger partial charge in [-0.05, 0) is 24.6 Å². The lowest BCUT2D eigenvalue weighted by Gasteiger charge is -2.12. The number of hydrogen-bond donors (Lipinski definition) is 0. The average molecular weight is 339 g/mol. The van der Waals surface area contributed by atoms with Gasteiger partial charge in [-0.3, -0.25) is 0 Å². The SMILES string of the molecule is CCOC(=O)c1cc2cc(OCc3ccccc3)c(OC)cc2n1C. The number of fused-ring (bicyclic) bond motifs is 1. The quantitative estimate of drug-likeness (QED) is 0.638. The van der Waals surface area contributed by atoms with Gasteiger partial charge in [0.25, 0.3) is 0 Å². The van der Waals surface area contributed by atoms with Gasteiger partial charge in [0.2, 0.25) is 0 Å². The maximum absolute atomic E-state index is 12.1. The van der Waals surface area contributed by atoms with E-state index in [0.717, 1.165) is 16.5 Å². The van der Waals surface area contributed by atoms with Crippen LogP contribution in [0.25, 0.3) is 10.9 Å². The number of rotatable bonds is 6. The van der Waals surface area contributed by atoms with E-state index in [1.165, 1.54) is 0 Å². The Morgan fingerprint density at radius 1 is 1.08 bits per heavy atom. The predicted octanol–water partition coefficient (Wildman–Crippen LogP) is 3.94. The number of carbonyl (C=O) groups is 1. The number of benzene rings is 2. The van der Waals surface area contributed by atoms with Crippen molar-refractivity contribution >= 4 is 16.9 Å². The number of methoxy groups -OCH3 is 1. The Hall–Kier alpha value is -2.95. The molecular formula is C20H21NO4. The van der Waals surface area contributed by atoms with Crippen molar-refractivity contribution in [1.82, 2.24) is 4.57 Å². The molecule has 0 N–H and O–H groups in total. The highest BCUT2D eigenvalue weighted by Crippen LogP contribution is 2.34. The van der Waals surface area contributed by atoms with Crippen LogP contribution in [0.4, 0.5) is 0 Å². The van der Waals surface area contributed by atoms with Crippen molar-refractivity contribution in [2.45, 2.75) is 13.5 Å². The summed E-state index contributed by atoms with van der Waals surface area (Å²) in [4.78, 5) is 12.1. The minimum Gasteiger partial charge on any atom is -0.493 e. The average Bonchev–Trinajstić information content (AvgIpc) is 2.96. The van der Waals surface area contributed by atoms with Crippen molar-refractivity contribution in [3.8, 4) is 11.5 Å². The smallest absolute Gasteiger partial charge is 0.354 e. The van der Waals surface area contributed by atoms with E-state index in [0.29, 0.717) is 30.4 Å². The van der Waals surface area contributed by atoms with Crippen LogP contribution in [0.5, 0.6) is 11.5 Å². The summed E-state index contributed by atoms with van der Waals surface area (Å²) in [6.45, 7) is 2.58. The summed E-state index contributed by atoms with van der Waals surface area (Å²) in [5, 5.41) is 0.898. The Balaban J connectivity index is 1.94. The van der Waals surface area contributed by atoms with E-state index >= 15 is 0 Å². The molecule has 3 aromatic rings. The molecule has 0 saturated heterocycles. The molecule has 0 spiro atoms. The molecule has 3 rings (SSSR count). The number of nitrogens with zero attached hydrogens (tertiary/aromatic N) is 1. The van der Waals surface area contributed by atoms with Crippen LogP contribution >= 0.6 is 0 Å². The van der Waals surface area contributed by atoms with Crippen molar-refractivity contribution in [2.24, 2.45) is 7.05 Å². The first-order chi connectivity index (χ1) is 12.1. The number of ether oxygens (including phenoxy) is 3. The van der Waals surface area contributed by atoms with E-state index in [9.17, 15) is 4.79 Å². The molecule has 0 atom stereocenters. The van der Waals surface area contributed by atoms with Crippen LogP contribution in [0, 0.1) is 0 Å². The van der Waals surface area contributed by atoms with Gasteiger partial charge >= 0.3 is 5.97 Å². The maximum atomic E-state index is 12.1. The monoisotopic (exact) mass is 339 g/mol. The Kier molecular flexibility index (Phi) is 4.93. The third-order valence-electron chi connectivity index (χ3n) is 4.05. The molecule has 0 aliphatic rings. The van der Waals surface area contributed by atoms with Gasteiger partial charge in [-0.1, -0.05) is 30.3 Å². The zero-order valence-electron chi connectivity index (χ0n) is 14.6. The molecule has 25 heavy (non-hydrogen) atoms. The summed E-state index contributed by atoms with van der Waals surface area (Å²) in [5.74, 6) is 0.923. The van der Waals surface area contributed by atoms with Crippen LogP contribution < -0.4 is 9.47 Å². The third kappa shape index (κ3) is 3.45.